The number of amides is 1. The van der Waals surface area contributed by atoms with Crippen LogP contribution < -0.4 is 10.9 Å². The molecular weight excluding hydrogens is 464 g/mol. The molecule has 1 N–H and O–H groups in total. The van der Waals surface area contributed by atoms with Crippen molar-refractivity contribution >= 4 is 39.2 Å². The number of thiophene rings is 1. The number of rotatable bonds is 6. The summed E-state index contributed by atoms with van der Waals surface area (Å²) in [4.78, 5) is 33.8. The molecule has 0 aliphatic heterocycles. The van der Waals surface area contributed by atoms with Crippen LogP contribution in [0.25, 0.3) is 15.9 Å². The highest BCUT2D eigenvalue weighted by atomic mass is 32.2. The zero-order valence-corrected chi connectivity index (χ0v) is 21.9. The van der Waals surface area contributed by atoms with Crippen molar-refractivity contribution in [2.45, 2.75) is 76.2 Å². The van der Waals surface area contributed by atoms with Gasteiger partial charge in [-0.15, -0.1) is 11.3 Å². The smallest absolute Gasteiger partial charge is 0.267 e. The number of aryl methyl sites for hydroxylation is 3. The number of carbonyl (C=O) groups is 1. The maximum atomic E-state index is 13.9. The van der Waals surface area contributed by atoms with Gasteiger partial charge in [0.25, 0.3) is 5.56 Å². The quantitative estimate of drug-likeness (QED) is 0.377. The van der Waals surface area contributed by atoms with Crippen molar-refractivity contribution in [3.63, 3.8) is 0 Å². The predicted octanol–water partition coefficient (Wildman–Crippen LogP) is 5.17. The summed E-state index contributed by atoms with van der Waals surface area (Å²) >= 11 is 2.86. The van der Waals surface area contributed by atoms with Crippen molar-refractivity contribution < 1.29 is 4.79 Å². The van der Waals surface area contributed by atoms with Gasteiger partial charge in [0.15, 0.2) is 5.16 Å². The third-order valence-corrected chi connectivity index (χ3v) is 8.91. The van der Waals surface area contributed by atoms with Gasteiger partial charge in [-0.3, -0.25) is 14.2 Å². The Kier molecular flexibility index (Phi) is 6.88. The summed E-state index contributed by atoms with van der Waals surface area (Å²) in [7, 11) is 0. The molecule has 2 aromatic heterocycles. The van der Waals surface area contributed by atoms with Gasteiger partial charge in [-0.05, 0) is 70.1 Å². The molecule has 0 saturated heterocycles. The highest BCUT2D eigenvalue weighted by molar-refractivity contribution is 8.00. The second kappa shape index (κ2) is 9.55. The minimum absolute atomic E-state index is 0.0451. The van der Waals surface area contributed by atoms with Crippen molar-refractivity contribution in [2.24, 2.45) is 5.92 Å². The Balaban J connectivity index is 1.79. The molecule has 3 aromatic rings. The van der Waals surface area contributed by atoms with E-state index in [1.54, 1.807) is 29.8 Å². The Labute approximate surface area is 208 Å². The molecule has 178 valence electrons. The van der Waals surface area contributed by atoms with Gasteiger partial charge in [0, 0.05) is 4.88 Å². The van der Waals surface area contributed by atoms with E-state index in [0.29, 0.717) is 5.16 Å². The summed E-state index contributed by atoms with van der Waals surface area (Å²) in [5.74, 6) is -0.297. The second-order valence-electron chi connectivity index (χ2n) is 9.48. The first-order valence-corrected chi connectivity index (χ1v) is 13.4. The lowest BCUT2D eigenvalue weighted by Crippen LogP contribution is -2.51. The van der Waals surface area contributed by atoms with Crippen molar-refractivity contribution in [1.82, 2.24) is 14.9 Å². The van der Waals surface area contributed by atoms with Gasteiger partial charge in [-0.1, -0.05) is 43.3 Å². The largest absolute Gasteiger partial charge is 0.337 e. The molecule has 1 aliphatic rings. The van der Waals surface area contributed by atoms with Gasteiger partial charge in [-0.25, -0.2) is 4.98 Å². The van der Waals surface area contributed by atoms with Crippen LogP contribution in [0.1, 0.15) is 56.5 Å². The Morgan fingerprint density at radius 2 is 1.91 bits per heavy atom. The number of aromatic nitrogens is 2. The molecule has 0 saturated carbocycles. The molecule has 34 heavy (non-hydrogen) atoms. The van der Waals surface area contributed by atoms with E-state index in [1.807, 2.05) is 45.0 Å². The average molecular weight is 495 g/mol. The Morgan fingerprint density at radius 1 is 1.24 bits per heavy atom. The molecular formula is C26H30N4O2S2. The predicted molar refractivity (Wildman–Crippen MR) is 139 cm³/mol. The maximum absolute atomic E-state index is 13.9. The lowest BCUT2D eigenvalue weighted by molar-refractivity contribution is -0.121. The Morgan fingerprint density at radius 3 is 2.56 bits per heavy atom. The molecule has 2 heterocycles. The van der Waals surface area contributed by atoms with E-state index in [0.717, 1.165) is 52.7 Å². The number of benzene rings is 1. The molecule has 0 bridgehead atoms. The van der Waals surface area contributed by atoms with Crippen molar-refractivity contribution in [1.29, 1.82) is 5.26 Å². The van der Waals surface area contributed by atoms with Crippen LogP contribution in [0.3, 0.4) is 0 Å². The Hall–Kier alpha value is -2.63. The van der Waals surface area contributed by atoms with Crippen LogP contribution >= 0.6 is 23.1 Å². The van der Waals surface area contributed by atoms with E-state index in [4.69, 9.17) is 4.98 Å². The molecule has 1 amide bonds. The summed E-state index contributed by atoms with van der Waals surface area (Å²) in [5.41, 5.74) is 1.94. The highest BCUT2D eigenvalue weighted by Gasteiger charge is 2.32. The second-order valence-corrected chi connectivity index (χ2v) is 11.9. The van der Waals surface area contributed by atoms with Crippen LogP contribution in [0, 0.1) is 24.2 Å². The zero-order chi connectivity index (χ0) is 24.6. The van der Waals surface area contributed by atoms with E-state index in [1.165, 1.54) is 16.6 Å². The van der Waals surface area contributed by atoms with Crippen LogP contribution in [0.5, 0.6) is 0 Å². The van der Waals surface area contributed by atoms with Crippen molar-refractivity contribution in [3.8, 4) is 11.8 Å². The third kappa shape index (κ3) is 4.51. The minimum Gasteiger partial charge on any atom is -0.337 e. The molecule has 1 aliphatic carbocycles. The average Bonchev–Trinajstić information content (AvgIpc) is 3.18. The standard InChI is InChI=1S/C26H30N4O2S2/c1-15(2)26(5,14-27)29-22(31)17(4)33-25-28-23-21(19-8-6-7-9-20(19)34-23)24(32)30(25)18-12-10-16(3)11-13-18/h10-13,15,17H,6-9H2,1-5H3,(H,29,31). The third-order valence-electron chi connectivity index (χ3n) is 6.67. The van der Waals surface area contributed by atoms with E-state index in [-0.39, 0.29) is 17.4 Å². The number of nitriles is 1. The van der Waals surface area contributed by atoms with Crippen LogP contribution in [0.4, 0.5) is 0 Å². The number of hydrogen-bond donors (Lipinski definition) is 1. The lowest BCUT2D eigenvalue weighted by Gasteiger charge is -2.28. The summed E-state index contributed by atoms with van der Waals surface area (Å²) in [6.07, 6.45) is 4.12. The van der Waals surface area contributed by atoms with Gasteiger partial charge >= 0.3 is 0 Å². The minimum atomic E-state index is -0.966. The summed E-state index contributed by atoms with van der Waals surface area (Å²) in [6.45, 7) is 9.34. The van der Waals surface area contributed by atoms with E-state index in [9.17, 15) is 14.9 Å². The van der Waals surface area contributed by atoms with Crippen LogP contribution in [-0.4, -0.2) is 26.2 Å². The van der Waals surface area contributed by atoms with Crippen LogP contribution in [0.2, 0.25) is 0 Å². The Bertz CT molecular complexity index is 1330. The monoisotopic (exact) mass is 494 g/mol. The van der Waals surface area contributed by atoms with Gasteiger partial charge in [0.1, 0.15) is 10.4 Å². The summed E-state index contributed by atoms with van der Waals surface area (Å²) in [6, 6.07) is 10.0. The number of thioether (sulfide) groups is 1. The molecule has 0 radical (unpaired) electrons. The van der Waals surface area contributed by atoms with Gasteiger partial charge in [0.2, 0.25) is 5.91 Å². The fourth-order valence-corrected chi connectivity index (χ4v) is 6.29. The number of nitrogens with zero attached hydrogens (tertiary/aromatic N) is 3. The van der Waals surface area contributed by atoms with Crippen LogP contribution in [0.15, 0.2) is 34.2 Å². The molecule has 2 atom stereocenters. The molecule has 4 rings (SSSR count). The lowest BCUT2D eigenvalue weighted by atomic mass is 9.90. The van der Waals surface area contributed by atoms with Gasteiger partial charge in [-0.2, -0.15) is 5.26 Å². The summed E-state index contributed by atoms with van der Waals surface area (Å²) < 4.78 is 1.64. The molecule has 8 heteroatoms. The van der Waals surface area contributed by atoms with Gasteiger partial charge in [0.05, 0.1) is 22.4 Å². The first-order valence-electron chi connectivity index (χ1n) is 11.7. The molecule has 6 nitrogen and oxygen atoms in total. The molecule has 2 unspecified atom stereocenters. The SMILES string of the molecule is Cc1ccc(-n2c(SC(C)C(=O)NC(C)(C#N)C(C)C)nc3sc4c(c3c2=O)CCCC4)cc1. The fraction of sp³-hybridized carbons (Fsp3) is 0.462. The first-order chi connectivity index (χ1) is 16.1. The van der Waals surface area contributed by atoms with Crippen molar-refractivity contribution in [2.75, 3.05) is 0 Å². The zero-order valence-electron chi connectivity index (χ0n) is 20.3. The summed E-state index contributed by atoms with van der Waals surface area (Å²) in [5, 5.41) is 13.2. The topological polar surface area (TPSA) is 87.8 Å². The van der Waals surface area contributed by atoms with E-state index in [2.05, 4.69) is 11.4 Å². The highest BCUT2D eigenvalue weighted by Crippen LogP contribution is 2.36. The van der Waals surface area contributed by atoms with Crippen molar-refractivity contribution in [3.05, 3.63) is 50.6 Å². The molecule has 0 fully saturated rings. The number of carbonyl (C=O) groups excluding carboxylic acids is 1. The first kappa shape index (κ1) is 24.5. The molecule has 1 aromatic carbocycles. The van der Waals surface area contributed by atoms with E-state index >= 15 is 0 Å². The maximum Gasteiger partial charge on any atom is 0.267 e. The molecule has 0 spiro atoms. The number of hydrogen-bond acceptors (Lipinski definition) is 6. The van der Waals surface area contributed by atoms with Gasteiger partial charge < -0.3 is 5.32 Å². The van der Waals surface area contributed by atoms with Crippen LogP contribution in [-0.2, 0) is 17.6 Å². The number of nitrogens with one attached hydrogen (secondary N) is 1. The fourth-order valence-electron chi connectivity index (χ4n) is 4.06. The van der Waals surface area contributed by atoms with E-state index < -0.39 is 10.8 Å². The normalized spacial score (nSPS) is 16.0. The number of fused-ring (bicyclic) bond motifs is 3.